The number of hydrogen-bond acceptors (Lipinski definition) is 8. The maximum absolute atomic E-state index is 14.2. The number of fused-ring (bicyclic) bond motifs is 2. The van der Waals surface area contributed by atoms with Crippen molar-refractivity contribution >= 4 is 38.1 Å². The fourth-order valence-corrected chi connectivity index (χ4v) is 5.20. The van der Waals surface area contributed by atoms with E-state index in [9.17, 15) is 4.79 Å². The minimum absolute atomic E-state index is 0.118. The fourth-order valence-electron chi connectivity index (χ4n) is 4.54. The summed E-state index contributed by atoms with van der Waals surface area (Å²) in [4.78, 5) is 32.5. The average Bonchev–Trinajstić information content (AvgIpc) is 3.43. The molecule has 0 aliphatic heterocycles. The number of anilines is 1. The van der Waals surface area contributed by atoms with Crippen LogP contribution < -0.4 is 15.6 Å². The van der Waals surface area contributed by atoms with Crippen LogP contribution in [-0.2, 0) is 0 Å². The van der Waals surface area contributed by atoms with Gasteiger partial charge in [0.1, 0.15) is 10.3 Å². The lowest BCUT2D eigenvalue weighted by molar-refractivity contribution is 0.380. The molecule has 0 bridgehead atoms. The Bertz CT molecular complexity index is 1780. The van der Waals surface area contributed by atoms with Crippen molar-refractivity contribution in [3.8, 4) is 22.8 Å². The second-order valence-electron chi connectivity index (χ2n) is 8.50. The van der Waals surface area contributed by atoms with E-state index in [4.69, 9.17) is 4.74 Å². The lowest BCUT2D eigenvalue weighted by Crippen LogP contribution is -2.26. The number of methoxy groups -OCH3 is 1. The highest BCUT2D eigenvalue weighted by Crippen LogP contribution is 2.31. The van der Waals surface area contributed by atoms with E-state index in [2.05, 4.69) is 31.3 Å². The zero-order valence-corrected chi connectivity index (χ0v) is 20.9. The standard InChI is InChI=1S/C28H22N6O2S/c1-17(33-22-11-12-29-26-25(22)32-16-37-26)23-13-18-7-6-10-21(19-14-30-28(36-2)31-15-19)24(18)27(35)34(23)20-8-4-3-5-9-20/h3-17H,1-2H3,(H,29,33). The fraction of sp³-hybridized carbons (Fsp3) is 0.107. The predicted octanol–water partition coefficient (Wildman–Crippen LogP) is 5.63. The summed E-state index contributed by atoms with van der Waals surface area (Å²) in [6.07, 6.45) is 5.12. The van der Waals surface area contributed by atoms with Crippen molar-refractivity contribution in [1.82, 2.24) is 24.5 Å². The van der Waals surface area contributed by atoms with Crippen molar-refractivity contribution in [2.75, 3.05) is 12.4 Å². The number of thiazole rings is 1. The van der Waals surface area contributed by atoms with Gasteiger partial charge in [0.2, 0.25) is 0 Å². The van der Waals surface area contributed by atoms with Crippen LogP contribution in [0.25, 0.3) is 37.9 Å². The first-order chi connectivity index (χ1) is 18.1. The Labute approximate surface area is 216 Å². The van der Waals surface area contributed by atoms with E-state index >= 15 is 0 Å². The monoisotopic (exact) mass is 506 g/mol. The molecule has 1 unspecified atom stereocenters. The smallest absolute Gasteiger partial charge is 0.316 e. The molecular weight excluding hydrogens is 484 g/mol. The SMILES string of the molecule is COc1ncc(-c2cccc3cc(C(C)Nc4ccnc5scnc45)n(-c4ccccc4)c(=O)c23)cn1. The van der Waals surface area contributed by atoms with Gasteiger partial charge in [-0.2, -0.15) is 0 Å². The second kappa shape index (κ2) is 9.44. The van der Waals surface area contributed by atoms with Crippen LogP contribution in [-0.4, -0.2) is 31.6 Å². The van der Waals surface area contributed by atoms with Crippen LogP contribution in [0.4, 0.5) is 5.69 Å². The predicted molar refractivity (Wildman–Crippen MR) is 147 cm³/mol. The zero-order valence-electron chi connectivity index (χ0n) is 20.1. The van der Waals surface area contributed by atoms with Crippen LogP contribution in [0.2, 0.25) is 0 Å². The Kier molecular flexibility index (Phi) is 5.82. The molecule has 0 fully saturated rings. The number of hydrogen-bond donors (Lipinski definition) is 1. The molecule has 9 heteroatoms. The zero-order chi connectivity index (χ0) is 25.4. The van der Waals surface area contributed by atoms with Gasteiger partial charge in [0.15, 0.2) is 0 Å². The van der Waals surface area contributed by atoms with E-state index in [1.807, 2.05) is 61.5 Å². The number of para-hydroxylation sites is 1. The number of aromatic nitrogens is 5. The largest absolute Gasteiger partial charge is 0.467 e. The number of nitrogens with zero attached hydrogens (tertiary/aromatic N) is 5. The van der Waals surface area contributed by atoms with E-state index < -0.39 is 0 Å². The van der Waals surface area contributed by atoms with Gasteiger partial charge in [-0.15, -0.1) is 11.3 Å². The summed E-state index contributed by atoms with van der Waals surface area (Å²) in [7, 11) is 1.52. The molecule has 37 heavy (non-hydrogen) atoms. The van der Waals surface area contributed by atoms with E-state index in [0.717, 1.165) is 43.9 Å². The first kappa shape index (κ1) is 22.8. The van der Waals surface area contributed by atoms with Gasteiger partial charge in [-0.05, 0) is 42.1 Å². The first-order valence-corrected chi connectivity index (χ1v) is 12.6. The maximum atomic E-state index is 14.2. The van der Waals surface area contributed by atoms with Crippen LogP contribution in [0.15, 0.2) is 89.6 Å². The van der Waals surface area contributed by atoms with Crippen LogP contribution in [0.5, 0.6) is 6.01 Å². The summed E-state index contributed by atoms with van der Waals surface area (Å²) in [6, 6.07) is 19.5. The molecule has 0 aliphatic carbocycles. The van der Waals surface area contributed by atoms with Gasteiger partial charge in [0.25, 0.3) is 5.56 Å². The quantitative estimate of drug-likeness (QED) is 0.313. The van der Waals surface area contributed by atoms with E-state index in [0.29, 0.717) is 5.39 Å². The summed E-state index contributed by atoms with van der Waals surface area (Å²) in [5, 5.41) is 4.99. The Morgan fingerprint density at radius 2 is 1.78 bits per heavy atom. The minimum atomic E-state index is -0.211. The summed E-state index contributed by atoms with van der Waals surface area (Å²) < 4.78 is 6.87. The van der Waals surface area contributed by atoms with Gasteiger partial charge in [-0.1, -0.05) is 36.4 Å². The molecule has 182 valence electrons. The molecule has 2 aromatic carbocycles. The molecule has 8 nitrogen and oxygen atoms in total. The molecule has 6 rings (SSSR count). The topological polar surface area (TPSA) is 94.8 Å². The molecule has 0 radical (unpaired) electrons. The molecular formula is C28H22N6O2S. The molecule has 6 aromatic rings. The van der Waals surface area contributed by atoms with E-state index in [1.165, 1.54) is 18.4 Å². The van der Waals surface area contributed by atoms with Crippen LogP contribution >= 0.6 is 11.3 Å². The Morgan fingerprint density at radius 3 is 2.57 bits per heavy atom. The third-order valence-electron chi connectivity index (χ3n) is 6.26. The summed E-state index contributed by atoms with van der Waals surface area (Å²) in [5.41, 5.74) is 6.47. The van der Waals surface area contributed by atoms with Crippen molar-refractivity contribution in [2.45, 2.75) is 13.0 Å². The van der Waals surface area contributed by atoms with E-state index in [-0.39, 0.29) is 17.6 Å². The Morgan fingerprint density at radius 1 is 0.973 bits per heavy atom. The van der Waals surface area contributed by atoms with Gasteiger partial charge in [0.05, 0.1) is 29.7 Å². The lowest BCUT2D eigenvalue weighted by atomic mass is 9.99. The molecule has 4 aromatic heterocycles. The van der Waals surface area contributed by atoms with Crippen molar-refractivity contribution in [3.63, 3.8) is 0 Å². The number of rotatable bonds is 6. The highest BCUT2D eigenvalue weighted by atomic mass is 32.1. The molecule has 0 aliphatic rings. The number of nitrogens with one attached hydrogen (secondary N) is 1. The van der Waals surface area contributed by atoms with E-state index in [1.54, 1.807) is 28.7 Å². The van der Waals surface area contributed by atoms with Gasteiger partial charge < -0.3 is 10.1 Å². The molecule has 1 atom stereocenters. The molecule has 0 saturated carbocycles. The van der Waals surface area contributed by atoms with Crippen molar-refractivity contribution in [2.24, 2.45) is 0 Å². The van der Waals surface area contributed by atoms with Gasteiger partial charge in [0, 0.05) is 35.5 Å². The van der Waals surface area contributed by atoms with Crippen molar-refractivity contribution in [1.29, 1.82) is 0 Å². The van der Waals surface area contributed by atoms with Gasteiger partial charge in [-0.3, -0.25) is 9.36 Å². The number of pyridine rings is 2. The molecule has 4 heterocycles. The highest BCUT2D eigenvalue weighted by Gasteiger charge is 2.20. The highest BCUT2D eigenvalue weighted by molar-refractivity contribution is 7.16. The maximum Gasteiger partial charge on any atom is 0.316 e. The number of benzene rings is 2. The Hall–Kier alpha value is -4.63. The second-order valence-corrected chi connectivity index (χ2v) is 9.34. The third-order valence-corrected chi connectivity index (χ3v) is 7.00. The summed E-state index contributed by atoms with van der Waals surface area (Å²) in [5.74, 6) is 0. The minimum Gasteiger partial charge on any atom is -0.467 e. The van der Waals surface area contributed by atoms with Crippen LogP contribution in [0, 0.1) is 0 Å². The molecule has 0 saturated heterocycles. The summed E-state index contributed by atoms with van der Waals surface area (Å²) >= 11 is 1.49. The number of ether oxygens (including phenoxy) is 1. The average molecular weight is 507 g/mol. The third kappa shape index (κ3) is 4.09. The molecule has 0 amide bonds. The molecule has 1 N–H and O–H groups in total. The molecule has 0 spiro atoms. The van der Waals surface area contributed by atoms with Gasteiger partial charge >= 0.3 is 6.01 Å². The van der Waals surface area contributed by atoms with Crippen LogP contribution in [0.1, 0.15) is 18.7 Å². The van der Waals surface area contributed by atoms with Crippen LogP contribution in [0.3, 0.4) is 0 Å². The summed E-state index contributed by atoms with van der Waals surface area (Å²) in [6.45, 7) is 2.04. The van der Waals surface area contributed by atoms with Crippen molar-refractivity contribution < 1.29 is 4.74 Å². The van der Waals surface area contributed by atoms with Crippen molar-refractivity contribution in [3.05, 3.63) is 101 Å². The Balaban J connectivity index is 1.55. The normalized spacial score (nSPS) is 12.1. The lowest BCUT2D eigenvalue weighted by Gasteiger charge is -2.22. The van der Waals surface area contributed by atoms with Gasteiger partial charge in [-0.25, -0.2) is 19.9 Å². The first-order valence-electron chi connectivity index (χ1n) is 11.7.